The van der Waals surface area contributed by atoms with Crippen molar-refractivity contribution in [2.24, 2.45) is 0 Å². The minimum Gasteiger partial charge on any atom is -0.498 e. The molecule has 0 unspecified atom stereocenters. The Kier molecular flexibility index (Phi) is 5.75. The molecule has 0 heterocycles. The highest BCUT2D eigenvalue weighted by Gasteiger charge is 2.21. The molecule has 0 atom stereocenters. The molecule has 0 saturated heterocycles. The second-order valence-corrected chi connectivity index (χ2v) is 3.88. The zero-order valence-corrected chi connectivity index (χ0v) is 10.0. The van der Waals surface area contributed by atoms with E-state index < -0.39 is 11.6 Å². The number of hydrogen-bond acceptors (Lipinski definition) is 3. The van der Waals surface area contributed by atoms with Gasteiger partial charge in [-0.3, -0.25) is 0 Å². The maximum Gasteiger partial charge on any atom is 0.330 e. The van der Waals surface area contributed by atoms with Crippen LogP contribution in [0.4, 0.5) is 0 Å². The van der Waals surface area contributed by atoms with Crippen LogP contribution in [0.2, 0.25) is 0 Å². The molecule has 0 aliphatic carbocycles. The number of carbonyl (C=O) groups is 1. The van der Waals surface area contributed by atoms with Gasteiger partial charge in [-0.1, -0.05) is 12.7 Å². The largest absolute Gasteiger partial charge is 0.498 e. The molecule has 0 radical (unpaired) electrons. The van der Waals surface area contributed by atoms with Crippen LogP contribution in [0.5, 0.6) is 0 Å². The first-order valence-electron chi connectivity index (χ1n) is 5.02. The van der Waals surface area contributed by atoms with Gasteiger partial charge in [0.1, 0.15) is 5.60 Å². The maximum absolute atomic E-state index is 11.0. The molecular formula is C12H20O3. The van der Waals surface area contributed by atoms with E-state index in [1.165, 1.54) is 6.08 Å². The van der Waals surface area contributed by atoms with Crippen LogP contribution in [0.1, 0.15) is 34.1 Å². The van der Waals surface area contributed by atoms with E-state index in [2.05, 4.69) is 6.58 Å². The summed E-state index contributed by atoms with van der Waals surface area (Å²) >= 11 is 0. The van der Waals surface area contributed by atoms with Crippen molar-refractivity contribution in [3.63, 3.8) is 0 Å². The summed E-state index contributed by atoms with van der Waals surface area (Å²) in [5, 5.41) is 0. The Morgan fingerprint density at radius 1 is 1.47 bits per heavy atom. The number of carbonyl (C=O) groups excluding carboxylic acids is 1. The topological polar surface area (TPSA) is 35.5 Å². The summed E-state index contributed by atoms with van der Waals surface area (Å²) in [5.74, 6) is 0.476. The van der Waals surface area contributed by atoms with E-state index in [1.54, 1.807) is 0 Å². The lowest BCUT2D eigenvalue weighted by atomic mass is 10.1. The first-order valence-corrected chi connectivity index (χ1v) is 5.02. The van der Waals surface area contributed by atoms with Crippen molar-refractivity contribution in [3.05, 3.63) is 24.5 Å². The van der Waals surface area contributed by atoms with Crippen LogP contribution in [0.3, 0.4) is 0 Å². The van der Waals surface area contributed by atoms with Gasteiger partial charge in [-0.05, 0) is 27.7 Å². The lowest BCUT2D eigenvalue weighted by Crippen LogP contribution is -2.28. The van der Waals surface area contributed by atoms with E-state index in [-0.39, 0.29) is 0 Å². The van der Waals surface area contributed by atoms with Gasteiger partial charge in [0.25, 0.3) is 0 Å². The maximum atomic E-state index is 11.0. The van der Waals surface area contributed by atoms with Gasteiger partial charge in [-0.15, -0.1) is 0 Å². The third kappa shape index (κ3) is 6.77. The van der Waals surface area contributed by atoms with Crippen molar-refractivity contribution in [1.29, 1.82) is 0 Å². The Labute approximate surface area is 91.8 Å². The van der Waals surface area contributed by atoms with Gasteiger partial charge >= 0.3 is 5.97 Å². The van der Waals surface area contributed by atoms with Crippen molar-refractivity contribution >= 4 is 5.97 Å². The SMILES string of the molecule is C=CC(=O)OC(C)(C)CCO/C(C)=C\C. The zero-order valence-electron chi connectivity index (χ0n) is 10.0. The van der Waals surface area contributed by atoms with Gasteiger partial charge in [-0.2, -0.15) is 0 Å². The van der Waals surface area contributed by atoms with Crippen molar-refractivity contribution in [2.45, 2.75) is 39.7 Å². The molecular weight excluding hydrogens is 192 g/mol. The summed E-state index contributed by atoms with van der Waals surface area (Å²) in [6, 6.07) is 0. The quantitative estimate of drug-likeness (QED) is 0.386. The fourth-order valence-electron chi connectivity index (χ4n) is 0.906. The van der Waals surface area contributed by atoms with E-state index in [0.717, 1.165) is 5.76 Å². The van der Waals surface area contributed by atoms with Crippen LogP contribution < -0.4 is 0 Å². The van der Waals surface area contributed by atoms with Crippen molar-refractivity contribution < 1.29 is 14.3 Å². The molecule has 0 aliphatic rings. The molecule has 3 heteroatoms. The van der Waals surface area contributed by atoms with Gasteiger partial charge in [0.15, 0.2) is 0 Å². The highest BCUT2D eigenvalue weighted by atomic mass is 16.6. The Morgan fingerprint density at radius 3 is 2.53 bits per heavy atom. The third-order valence-corrected chi connectivity index (χ3v) is 1.98. The van der Waals surface area contributed by atoms with Crippen molar-refractivity contribution in [3.8, 4) is 0 Å². The summed E-state index contributed by atoms with van der Waals surface area (Å²) in [6.45, 7) is 11.4. The van der Waals surface area contributed by atoms with Crippen LogP contribution in [0.15, 0.2) is 24.5 Å². The number of rotatable bonds is 6. The monoisotopic (exact) mass is 212 g/mol. The van der Waals surface area contributed by atoms with E-state index in [9.17, 15) is 4.79 Å². The van der Waals surface area contributed by atoms with E-state index in [0.29, 0.717) is 13.0 Å². The molecule has 0 bridgehead atoms. The predicted molar refractivity (Wildman–Crippen MR) is 60.4 cm³/mol. The average molecular weight is 212 g/mol. The first-order chi connectivity index (χ1) is 6.91. The highest BCUT2D eigenvalue weighted by Crippen LogP contribution is 2.15. The molecule has 0 amide bonds. The Morgan fingerprint density at radius 2 is 2.07 bits per heavy atom. The molecule has 0 N–H and O–H groups in total. The molecule has 0 aromatic carbocycles. The van der Waals surface area contributed by atoms with Crippen LogP contribution in [0, 0.1) is 0 Å². The Hall–Kier alpha value is -1.25. The molecule has 0 rings (SSSR count). The molecule has 0 fully saturated rings. The highest BCUT2D eigenvalue weighted by molar-refractivity contribution is 5.81. The molecule has 86 valence electrons. The van der Waals surface area contributed by atoms with E-state index in [4.69, 9.17) is 9.47 Å². The molecule has 0 aliphatic heterocycles. The minimum absolute atomic E-state index is 0.400. The Bertz CT molecular complexity index is 252. The smallest absolute Gasteiger partial charge is 0.330 e. The van der Waals surface area contributed by atoms with Crippen LogP contribution >= 0.6 is 0 Å². The van der Waals surface area contributed by atoms with Gasteiger partial charge in [0.2, 0.25) is 0 Å². The summed E-state index contributed by atoms with van der Waals surface area (Å²) in [4.78, 5) is 11.0. The predicted octanol–water partition coefficient (Wildman–Crippen LogP) is 2.82. The van der Waals surface area contributed by atoms with Crippen LogP contribution in [0.25, 0.3) is 0 Å². The summed E-state index contributed by atoms with van der Waals surface area (Å²) in [7, 11) is 0. The van der Waals surface area contributed by atoms with Gasteiger partial charge in [-0.25, -0.2) is 4.79 Å². The van der Waals surface area contributed by atoms with Crippen LogP contribution in [-0.4, -0.2) is 18.2 Å². The van der Waals surface area contributed by atoms with Crippen molar-refractivity contribution in [2.75, 3.05) is 6.61 Å². The first kappa shape index (κ1) is 13.8. The number of esters is 1. The second kappa shape index (κ2) is 6.27. The third-order valence-electron chi connectivity index (χ3n) is 1.98. The standard InChI is InChI=1S/C12H20O3/c1-6-10(3)14-9-8-12(4,5)15-11(13)7-2/h6-7H,2,8-9H2,1,3-5H3/b10-6-. The lowest BCUT2D eigenvalue weighted by Gasteiger charge is -2.24. The van der Waals surface area contributed by atoms with Crippen LogP contribution in [-0.2, 0) is 14.3 Å². The molecule has 15 heavy (non-hydrogen) atoms. The Balaban J connectivity index is 3.93. The molecule has 3 nitrogen and oxygen atoms in total. The van der Waals surface area contributed by atoms with E-state index >= 15 is 0 Å². The normalized spacial score (nSPS) is 12.1. The van der Waals surface area contributed by atoms with Gasteiger partial charge in [0, 0.05) is 12.5 Å². The molecule has 0 aromatic heterocycles. The molecule has 0 aromatic rings. The molecule has 0 spiro atoms. The van der Waals surface area contributed by atoms with Crippen molar-refractivity contribution in [1.82, 2.24) is 0 Å². The van der Waals surface area contributed by atoms with E-state index in [1.807, 2.05) is 33.8 Å². The number of hydrogen-bond donors (Lipinski definition) is 0. The summed E-state index contributed by atoms with van der Waals surface area (Å²) in [5.41, 5.74) is -0.515. The second-order valence-electron chi connectivity index (χ2n) is 3.88. The van der Waals surface area contributed by atoms with Gasteiger partial charge < -0.3 is 9.47 Å². The molecule has 0 saturated carbocycles. The fraction of sp³-hybridized carbons (Fsp3) is 0.583. The zero-order chi connectivity index (χ0) is 11.9. The average Bonchev–Trinajstić information content (AvgIpc) is 2.16. The number of allylic oxidation sites excluding steroid dienone is 2. The fourth-order valence-corrected chi connectivity index (χ4v) is 0.906. The summed E-state index contributed by atoms with van der Waals surface area (Å²) < 4.78 is 10.5. The van der Waals surface area contributed by atoms with Gasteiger partial charge in [0.05, 0.1) is 12.4 Å². The lowest BCUT2D eigenvalue weighted by molar-refractivity contribution is -0.151. The number of ether oxygens (including phenoxy) is 2. The summed E-state index contributed by atoms with van der Waals surface area (Å²) in [6.07, 6.45) is 3.71. The minimum atomic E-state index is -0.515.